The molecule has 1 atom stereocenters. The van der Waals surface area contributed by atoms with Crippen LogP contribution in [0, 0.1) is 6.92 Å². The number of urea groups is 1. The summed E-state index contributed by atoms with van der Waals surface area (Å²) in [5, 5.41) is 3.19. The highest BCUT2D eigenvalue weighted by Gasteiger charge is 2.35. The van der Waals surface area contributed by atoms with Gasteiger partial charge in [0.05, 0.1) is 13.2 Å². The van der Waals surface area contributed by atoms with Gasteiger partial charge in [-0.2, -0.15) is 0 Å². The van der Waals surface area contributed by atoms with Gasteiger partial charge in [0, 0.05) is 22.0 Å². The van der Waals surface area contributed by atoms with Crippen LogP contribution in [0.25, 0.3) is 0 Å². The van der Waals surface area contributed by atoms with Crippen molar-refractivity contribution in [1.29, 1.82) is 0 Å². The topological polar surface area (TPSA) is 41.6 Å². The summed E-state index contributed by atoms with van der Waals surface area (Å²) in [6, 6.07) is 16.0. The number of carbonyl (C=O) groups is 1. The lowest BCUT2D eigenvalue weighted by molar-refractivity contribution is 0.195. The third-order valence-electron chi connectivity index (χ3n) is 6.20. The number of nitrogens with one attached hydrogen (secondary N) is 1. The fourth-order valence-corrected chi connectivity index (χ4v) is 6.03. The molecule has 1 aliphatic rings. The maximum atomic E-state index is 13.5. The van der Waals surface area contributed by atoms with E-state index in [1.54, 1.807) is 7.11 Å². The van der Waals surface area contributed by atoms with Crippen molar-refractivity contribution in [2.75, 3.05) is 19.0 Å². The predicted molar refractivity (Wildman–Crippen MR) is 129 cm³/mol. The summed E-state index contributed by atoms with van der Waals surface area (Å²) in [5.74, 6) is 0.823. The largest absolute Gasteiger partial charge is 0.497 e. The lowest BCUT2D eigenvalue weighted by Crippen LogP contribution is -2.42. The number of benzene rings is 2. The molecule has 1 aliphatic heterocycles. The normalized spacial score (nSPS) is 15.5. The van der Waals surface area contributed by atoms with Gasteiger partial charge in [0.2, 0.25) is 0 Å². The molecule has 2 aromatic carbocycles. The fraction of sp³-hybridized carbons (Fsp3) is 0.346. The number of ether oxygens (including phenoxy) is 1. The third kappa shape index (κ3) is 4.07. The number of aryl methyl sites for hydroxylation is 2. The zero-order chi connectivity index (χ0) is 22.0. The van der Waals surface area contributed by atoms with Crippen molar-refractivity contribution in [1.82, 2.24) is 4.90 Å². The molecule has 162 valence electrons. The molecule has 2 heterocycles. The minimum absolute atomic E-state index is 0.0449. The van der Waals surface area contributed by atoms with Crippen LogP contribution in [0.4, 0.5) is 10.5 Å². The predicted octanol–water partition coefficient (Wildman–Crippen LogP) is 6.37. The van der Waals surface area contributed by atoms with Crippen LogP contribution in [0.5, 0.6) is 5.75 Å². The van der Waals surface area contributed by atoms with E-state index in [4.69, 9.17) is 4.74 Å². The molecule has 0 unspecified atom stereocenters. The number of para-hydroxylation sites is 1. The Morgan fingerprint density at radius 1 is 1.13 bits per heavy atom. The van der Waals surface area contributed by atoms with Crippen LogP contribution >= 0.6 is 11.3 Å². The highest BCUT2D eigenvalue weighted by molar-refractivity contribution is 7.12. The number of hydrogen-bond donors (Lipinski definition) is 1. The van der Waals surface area contributed by atoms with Crippen LogP contribution in [0.2, 0.25) is 0 Å². The van der Waals surface area contributed by atoms with Gasteiger partial charge in [-0.15, -0.1) is 11.3 Å². The van der Waals surface area contributed by atoms with Crippen molar-refractivity contribution in [2.24, 2.45) is 0 Å². The maximum absolute atomic E-state index is 13.5. The molecule has 0 spiro atoms. The Kier molecular flexibility index (Phi) is 6.33. The van der Waals surface area contributed by atoms with Gasteiger partial charge in [0.15, 0.2) is 0 Å². The van der Waals surface area contributed by atoms with Crippen molar-refractivity contribution in [3.8, 4) is 5.75 Å². The van der Waals surface area contributed by atoms with Gasteiger partial charge in [-0.1, -0.05) is 44.2 Å². The molecule has 5 heteroatoms. The second-order valence-corrected chi connectivity index (χ2v) is 9.15. The van der Waals surface area contributed by atoms with E-state index in [9.17, 15) is 4.79 Å². The fourth-order valence-electron chi connectivity index (χ4n) is 4.58. The maximum Gasteiger partial charge on any atom is 0.322 e. The summed E-state index contributed by atoms with van der Waals surface area (Å²) in [4.78, 5) is 18.2. The number of amides is 2. The van der Waals surface area contributed by atoms with Crippen LogP contribution < -0.4 is 10.1 Å². The number of carbonyl (C=O) groups excluding carboxylic acids is 1. The summed E-state index contributed by atoms with van der Waals surface area (Å²) in [7, 11) is 1.68. The summed E-state index contributed by atoms with van der Waals surface area (Å²) in [6.07, 6.45) is 2.81. The van der Waals surface area contributed by atoms with Crippen molar-refractivity contribution in [3.05, 3.63) is 80.5 Å². The summed E-state index contributed by atoms with van der Waals surface area (Å²) >= 11 is 1.84. The van der Waals surface area contributed by atoms with Gasteiger partial charge in [0.1, 0.15) is 5.75 Å². The highest BCUT2D eigenvalue weighted by Crippen LogP contribution is 2.43. The molecular formula is C26H30N2O2S. The van der Waals surface area contributed by atoms with E-state index < -0.39 is 0 Å². The van der Waals surface area contributed by atoms with Gasteiger partial charge in [-0.3, -0.25) is 0 Å². The zero-order valence-corrected chi connectivity index (χ0v) is 19.5. The van der Waals surface area contributed by atoms with Gasteiger partial charge in [-0.05, 0) is 66.6 Å². The molecule has 3 aromatic rings. The van der Waals surface area contributed by atoms with Crippen LogP contribution in [-0.4, -0.2) is 24.6 Å². The van der Waals surface area contributed by atoms with E-state index in [1.807, 2.05) is 46.6 Å². The number of thiophene rings is 1. The summed E-state index contributed by atoms with van der Waals surface area (Å²) < 4.78 is 5.36. The van der Waals surface area contributed by atoms with E-state index in [1.165, 1.54) is 20.9 Å². The zero-order valence-electron chi connectivity index (χ0n) is 18.7. The minimum Gasteiger partial charge on any atom is -0.497 e. The first kappa shape index (κ1) is 21.4. The van der Waals surface area contributed by atoms with Crippen molar-refractivity contribution < 1.29 is 9.53 Å². The number of hydrogen-bond acceptors (Lipinski definition) is 3. The lowest BCUT2D eigenvalue weighted by Gasteiger charge is -2.36. The smallest absolute Gasteiger partial charge is 0.322 e. The van der Waals surface area contributed by atoms with Gasteiger partial charge in [-0.25, -0.2) is 4.79 Å². The molecule has 0 bridgehead atoms. The summed E-state index contributed by atoms with van der Waals surface area (Å²) in [5.41, 5.74) is 6.05. The van der Waals surface area contributed by atoms with Crippen LogP contribution in [-0.2, 0) is 19.3 Å². The Balaban J connectivity index is 1.73. The molecule has 1 N–H and O–H groups in total. The molecular weight excluding hydrogens is 404 g/mol. The Morgan fingerprint density at radius 3 is 2.55 bits per heavy atom. The number of fused-ring (bicyclic) bond motifs is 1. The molecule has 0 saturated heterocycles. The highest BCUT2D eigenvalue weighted by atomic mass is 32.1. The molecule has 4 nitrogen and oxygen atoms in total. The van der Waals surface area contributed by atoms with Crippen LogP contribution in [0.1, 0.15) is 51.9 Å². The van der Waals surface area contributed by atoms with Gasteiger partial charge >= 0.3 is 6.03 Å². The average molecular weight is 435 g/mol. The molecule has 31 heavy (non-hydrogen) atoms. The van der Waals surface area contributed by atoms with Gasteiger partial charge < -0.3 is 15.0 Å². The van der Waals surface area contributed by atoms with E-state index in [2.05, 4.69) is 44.3 Å². The minimum atomic E-state index is -0.0903. The van der Waals surface area contributed by atoms with Crippen molar-refractivity contribution in [2.45, 2.75) is 46.1 Å². The Hall–Kier alpha value is -2.79. The van der Waals surface area contributed by atoms with E-state index in [0.29, 0.717) is 6.54 Å². The number of rotatable bonds is 5. The average Bonchev–Trinajstić information content (AvgIpc) is 3.13. The standard InChI is InChI=1S/C26H30N2O2S/c1-5-18-9-7-8-10-23(18)27-26(29)28-16-15-22-21(6-2)17(3)31-25(22)24(28)19-11-13-20(30-4)14-12-19/h7-14,24H,5-6,15-16H2,1-4H3,(H,27,29)/t24-/m0/s1. The third-order valence-corrected chi connectivity index (χ3v) is 7.44. The quantitative estimate of drug-likeness (QED) is 0.507. The van der Waals surface area contributed by atoms with Crippen LogP contribution in [0.3, 0.4) is 0 Å². The van der Waals surface area contributed by atoms with E-state index in [-0.39, 0.29) is 12.1 Å². The molecule has 0 radical (unpaired) electrons. The SMILES string of the molecule is CCc1ccccc1NC(=O)N1CCc2c(sc(C)c2CC)[C@@H]1c1ccc(OC)cc1. The molecule has 1 aromatic heterocycles. The Morgan fingerprint density at radius 2 is 1.87 bits per heavy atom. The number of nitrogens with zero attached hydrogens (tertiary/aromatic N) is 1. The van der Waals surface area contributed by atoms with E-state index in [0.717, 1.165) is 41.8 Å². The lowest BCUT2D eigenvalue weighted by atomic mass is 9.92. The second kappa shape index (κ2) is 9.15. The van der Waals surface area contributed by atoms with E-state index >= 15 is 0 Å². The molecule has 4 rings (SSSR count). The van der Waals surface area contributed by atoms with Gasteiger partial charge in [0.25, 0.3) is 0 Å². The number of methoxy groups -OCH3 is 1. The second-order valence-electron chi connectivity index (χ2n) is 7.89. The number of anilines is 1. The first-order valence-electron chi connectivity index (χ1n) is 11.0. The Labute approximate surface area is 188 Å². The van der Waals surface area contributed by atoms with Crippen molar-refractivity contribution >= 4 is 23.1 Å². The first-order chi connectivity index (χ1) is 15.1. The molecule has 0 saturated carbocycles. The summed E-state index contributed by atoms with van der Waals surface area (Å²) in [6.45, 7) is 7.24. The molecule has 2 amide bonds. The monoisotopic (exact) mass is 434 g/mol. The Bertz CT molecular complexity index is 1070. The molecule has 0 aliphatic carbocycles. The molecule has 0 fully saturated rings. The van der Waals surface area contributed by atoms with Crippen LogP contribution in [0.15, 0.2) is 48.5 Å². The first-order valence-corrected chi connectivity index (χ1v) is 11.8. The van der Waals surface area contributed by atoms with Crippen molar-refractivity contribution in [3.63, 3.8) is 0 Å².